The number of nitrogens with zero attached hydrogens (tertiary/aromatic N) is 1. The summed E-state index contributed by atoms with van der Waals surface area (Å²) in [6.07, 6.45) is 7.95. The molecule has 1 saturated carbocycles. The predicted molar refractivity (Wildman–Crippen MR) is 176 cm³/mol. The van der Waals surface area contributed by atoms with E-state index in [9.17, 15) is 4.79 Å². The molecule has 3 aliphatic rings. The Balaban J connectivity index is 1.51. The Morgan fingerprint density at radius 1 is 1.14 bits per heavy atom. The molecule has 6 heteroatoms. The van der Waals surface area contributed by atoms with Gasteiger partial charge in [-0.05, 0) is 124 Å². The number of hydrogen-bond acceptors (Lipinski definition) is 5. The highest BCUT2D eigenvalue weighted by Crippen LogP contribution is 2.47. The molecule has 1 heterocycles. The Labute approximate surface area is 263 Å². The SMILES string of the molecule is CO[C@@H](/C(C)=C/C(C)(C)C)[C@@H]1CC[C@H]1CN1C[C@@]2(CCCc3cc(Cl)ccc32)COc2ccc(C(=O)OC(C)(C)C)cc21. The first-order valence-corrected chi connectivity index (χ1v) is 16.3. The summed E-state index contributed by atoms with van der Waals surface area (Å²) in [5.41, 5.74) is 4.88. The van der Waals surface area contributed by atoms with Crippen LogP contribution in [0.25, 0.3) is 0 Å². The van der Waals surface area contributed by atoms with E-state index >= 15 is 0 Å². The van der Waals surface area contributed by atoms with Crippen LogP contribution in [0.15, 0.2) is 48.0 Å². The predicted octanol–water partition coefficient (Wildman–Crippen LogP) is 8.80. The van der Waals surface area contributed by atoms with Crippen molar-refractivity contribution in [3.05, 3.63) is 69.8 Å². The zero-order valence-corrected chi connectivity index (χ0v) is 28.1. The summed E-state index contributed by atoms with van der Waals surface area (Å²) >= 11 is 6.45. The average molecular weight is 608 g/mol. The molecule has 0 unspecified atom stereocenters. The molecule has 1 fully saturated rings. The van der Waals surface area contributed by atoms with Gasteiger partial charge in [0.1, 0.15) is 11.4 Å². The number of rotatable bonds is 6. The molecular formula is C37H50ClNO4. The van der Waals surface area contributed by atoms with Gasteiger partial charge in [-0.3, -0.25) is 0 Å². The second kappa shape index (κ2) is 12.1. The minimum atomic E-state index is -0.566. The van der Waals surface area contributed by atoms with Gasteiger partial charge in [0, 0.05) is 30.6 Å². The number of allylic oxidation sites excluding steroid dienone is 1. The van der Waals surface area contributed by atoms with Crippen molar-refractivity contribution in [1.82, 2.24) is 0 Å². The quantitative estimate of drug-likeness (QED) is 0.243. The monoisotopic (exact) mass is 607 g/mol. The Bertz CT molecular complexity index is 1370. The molecule has 0 radical (unpaired) electrons. The number of ether oxygens (including phenoxy) is 3. The van der Waals surface area contributed by atoms with E-state index in [1.165, 1.54) is 16.7 Å². The number of halogens is 1. The number of anilines is 1. The Morgan fingerprint density at radius 2 is 1.91 bits per heavy atom. The highest BCUT2D eigenvalue weighted by molar-refractivity contribution is 6.30. The van der Waals surface area contributed by atoms with Crippen LogP contribution in [0, 0.1) is 17.3 Å². The lowest BCUT2D eigenvalue weighted by atomic mass is 9.67. The molecule has 234 valence electrons. The molecule has 5 nitrogen and oxygen atoms in total. The number of hydrogen-bond donors (Lipinski definition) is 0. The van der Waals surface area contributed by atoms with E-state index < -0.39 is 5.60 Å². The molecule has 0 bridgehead atoms. The molecule has 1 aliphatic heterocycles. The van der Waals surface area contributed by atoms with Crippen LogP contribution < -0.4 is 9.64 Å². The number of carbonyl (C=O) groups is 1. The maximum atomic E-state index is 13.2. The molecular weight excluding hydrogens is 558 g/mol. The molecule has 0 amide bonds. The van der Waals surface area contributed by atoms with Gasteiger partial charge in [0.25, 0.3) is 0 Å². The van der Waals surface area contributed by atoms with Crippen LogP contribution >= 0.6 is 11.6 Å². The van der Waals surface area contributed by atoms with Gasteiger partial charge in [-0.1, -0.05) is 44.5 Å². The third-order valence-electron chi connectivity index (χ3n) is 9.36. The second-order valence-electron chi connectivity index (χ2n) is 15.2. The van der Waals surface area contributed by atoms with Gasteiger partial charge >= 0.3 is 5.97 Å². The first-order valence-electron chi connectivity index (χ1n) is 15.9. The highest BCUT2D eigenvalue weighted by atomic mass is 35.5. The van der Waals surface area contributed by atoms with Crippen LogP contribution in [-0.2, 0) is 21.3 Å². The highest BCUT2D eigenvalue weighted by Gasteiger charge is 2.45. The van der Waals surface area contributed by atoms with Gasteiger partial charge in [-0.25, -0.2) is 4.79 Å². The number of methoxy groups -OCH3 is 1. The van der Waals surface area contributed by atoms with Crippen LogP contribution in [0.4, 0.5) is 5.69 Å². The van der Waals surface area contributed by atoms with Crippen molar-refractivity contribution < 1.29 is 19.0 Å². The van der Waals surface area contributed by atoms with Crippen molar-refractivity contribution >= 4 is 23.3 Å². The standard InChI is InChI=1S/C37H50ClNO4/c1-24(20-35(2,3)4)33(41-8)29-14-11-27(29)21-39-22-37(17-9-10-25-18-28(38)13-15-30(25)37)23-42-32-16-12-26(19-31(32)39)34(40)43-36(5,6)7/h12-13,15-16,18-20,27,29,33H,9-11,14,17,21-23H2,1-8H3/b24-20+/t27-,29+,33-,37-/m0/s1. The van der Waals surface area contributed by atoms with Crippen molar-refractivity contribution in [2.45, 2.75) is 97.7 Å². The number of benzene rings is 2. The first-order chi connectivity index (χ1) is 20.2. The Morgan fingerprint density at radius 3 is 2.56 bits per heavy atom. The van der Waals surface area contributed by atoms with Gasteiger partial charge in [-0.15, -0.1) is 0 Å². The first kappa shape index (κ1) is 31.9. The second-order valence-corrected chi connectivity index (χ2v) is 15.6. The zero-order valence-electron chi connectivity index (χ0n) is 27.4. The molecule has 0 saturated heterocycles. The summed E-state index contributed by atoms with van der Waals surface area (Å²) in [5.74, 6) is 1.43. The number of aryl methyl sites for hydroxylation is 1. The summed E-state index contributed by atoms with van der Waals surface area (Å²) < 4.78 is 18.6. The maximum Gasteiger partial charge on any atom is 0.338 e. The van der Waals surface area contributed by atoms with E-state index in [2.05, 4.69) is 50.8 Å². The Kier molecular flexibility index (Phi) is 9.00. The molecule has 4 atom stereocenters. The summed E-state index contributed by atoms with van der Waals surface area (Å²) in [6, 6.07) is 12.2. The third-order valence-corrected chi connectivity index (χ3v) is 9.59. The van der Waals surface area contributed by atoms with Crippen LogP contribution in [0.3, 0.4) is 0 Å². The normalized spacial score (nSPS) is 24.8. The smallest absolute Gasteiger partial charge is 0.338 e. The van der Waals surface area contributed by atoms with E-state index in [1.807, 2.05) is 52.1 Å². The van der Waals surface area contributed by atoms with Crippen molar-refractivity contribution in [2.75, 3.05) is 31.7 Å². The van der Waals surface area contributed by atoms with Gasteiger partial charge < -0.3 is 19.1 Å². The summed E-state index contributed by atoms with van der Waals surface area (Å²) in [4.78, 5) is 15.7. The van der Waals surface area contributed by atoms with Gasteiger partial charge in [0.15, 0.2) is 0 Å². The zero-order chi connectivity index (χ0) is 31.2. The number of fused-ring (bicyclic) bond motifs is 3. The number of esters is 1. The van der Waals surface area contributed by atoms with Crippen molar-refractivity contribution in [3.8, 4) is 5.75 Å². The van der Waals surface area contributed by atoms with E-state index in [1.54, 1.807) is 0 Å². The molecule has 5 rings (SSSR count). The van der Waals surface area contributed by atoms with Crippen molar-refractivity contribution in [1.29, 1.82) is 0 Å². The van der Waals surface area contributed by atoms with E-state index in [0.717, 1.165) is 61.7 Å². The fourth-order valence-corrected chi connectivity index (χ4v) is 7.74. The average Bonchev–Trinajstić information content (AvgIpc) is 3.04. The van der Waals surface area contributed by atoms with Gasteiger partial charge in [0.2, 0.25) is 0 Å². The van der Waals surface area contributed by atoms with E-state index in [-0.39, 0.29) is 22.9 Å². The van der Waals surface area contributed by atoms with Crippen LogP contribution in [-0.4, -0.2) is 44.5 Å². The fraction of sp³-hybridized carbons (Fsp3) is 0.595. The van der Waals surface area contributed by atoms with Crippen LogP contribution in [0.2, 0.25) is 5.02 Å². The van der Waals surface area contributed by atoms with Gasteiger partial charge in [0.05, 0.1) is 24.0 Å². The van der Waals surface area contributed by atoms with Crippen LogP contribution in [0.1, 0.15) is 95.6 Å². The maximum absolute atomic E-state index is 13.2. The van der Waals surface area contributed by atoms with E-state index in [4.69, 9.17) is 25.8 Å². The summed E-state index contributed by atoms with van der Waals surface area (Å²) in [7, 11) is 1.85. The molecule has 2 aromatic rings. The fourth-order valence-electron chi connectivity index (χ4n) is 7.54. The summed E-state index contributed by atoms with van der Waals surface area (Å²) in [6.45, 7) is 17.0. The molecule has 0 aromatic heterocycles. The lowest BCUT2D eigenvalue weighted by molar-refractivity contribution is 0.00578. The lowest BCUT2D eigenvalue weighted by Gasteiger charge is -2.46. The molecule has 1 spiro atoms. The van der Waals surface area contributed by atoms with Gasteiger partial charge in [-0.2, -0.15) is 0 Å². The molecule has 2 aliphatic carbocycles. The minimum absolute atomic E-state index is 0.0975. The lowest BCUT2D eigenvalue weighted by Crippen LogP contribution is -2.50. The largest absolute Gasteiger partial charge is 0.490 e. The van der Waals surface area contributed by atoms with Crippen molar-refractivity contribution in [2.24, 2.45) is 17.3 Å². The molecule has 43 heavy (non-hydrogen) atoms. The molecule has 0 N–H and O–H groups in total. The number of carbonyl (C=O) groups excluding carboxylic acids is 1. The molecule has 2 aromatic carbocycles. The minimum Gasteiger partial charge on any atom is -0.490 e. The van der Waals surface area contributed by atoms with E-state index in [0.29, 0.717) is 24.0 Å². The Hall–Kier alpha value is -2.50. The summed E-state index contributed by atoms with van der Waals surface area (Å²) in [5, 5.41) is 0.786. The van der Waals surface area contributed by atoms with Crippen molar-refractivity contribution in [3.63, 3.8) is 0 Å². The topological polar surface area (TPSA) is 48.0 Å². The third kappa shape index (κ3) is 7.09. The van der Waals surface area contributed by atoms with Crippen LogP contribution in [0.5, 0.6) is 5.75 Å².